The monoisotopic (exact) mass is 413 g/mol. The van der Waals surface area contributed by atoms with Crippen LogP contribution in [0, 0.1) is 0 Å². The van der Waals surface area contributed by atoms with E-state index in [0.29, 0.717) is 11.8 Å². The predicted molar refractivity (Wildman–Crippen MR) is 124 cm³/mol. The maximum Gasteiger partial charge on any atom is 0.128 e. The van der Waals surface area contributed by atoms with Crippen molar-refractivity contribution in [2.45, 2.75) is 36.8 Å². The molecule has 6 rings (SSSR count). The van der Waals surface area contributed by atoms with Crippen LogP contribution in [0.5, 0.6) is 5.75 Å². The lowest BCUT2D eigenvalue weighted by molar-refractivity contribution is 0.269. The van der Waals surface area contributed by atoms with E-state index in [4.69, 9.17) is 16.3 Å². The lowest BCUT2D eigenvalue weighted by atomic mass is 9.76. The predicted octanol–water partition coefficient (Wildman–Crippen LogP) is 4.65. The van der Waals surface area contributed by atoms with Crippen molar-refractivity contribution in [3.63, 3.8) is 0 Å². The van der Waals surface area contributed by atoms with E-state index in [1.54, 1.807) is 0 Å². The summed E-state index contributed by atoms with van der Waals surface area (Å²) >= 11 is 6.69. The normalized spacial score (nSPS) is 28.0. The number of alkyl halides is 1. The van der Waals surface area contributed by atoms with Crippen molar-refractivity contribution in [1.82, 2.24) is 4.90 Å². The minimum Gasteiger partial charge on any atom is -0.485 e. The van der Waals surface area contributed by atoms with Crippen LogP contribution >= 0.6 is 11.6 Å². The number of ether oxygens (including phenoxy) is 1. The minimum absolute atomic E-state index is 0.132. The molecule has 3 heteroatoms. The average Bonchev–Trinajstić information content (AvgIpc) is 3.13. The molecule has 0 aromatic heterocycles. The number of allylic oxidation sites excluding steroid dienone is 2. The largest absolute Gasteiger partial charge is 0.485 e. The number of likely N-dealkylation sites (N-methyl/N-ethyl adjacent to an activating group) is 1. The molecule has 2 aliphatic heterocycles. The Morgan fingerprint density at radius 1 is 1.03 bits per heavy atom. The van der Waals surface area contributed by atoms with Gasteiger partial charge in [-0.25, -0.2) is 0 Å². The van der Waals surface area contributed by atoms with Crippen LogP contribution in [0.4, 0.5) is 0 Å². The van der Waals surface area contributed by atoms with E-state index in [2.05, 4.69) is 91.7 Å². The minimum atomic E-state index is -0.138. The number of hydrogen-bond donors (Lipinski definition) is 0. The highest BCUT2D eigenvalue weighted by Gasteiger charge is 2.37. The summed E-state index contributed by atoms with van der Waals surface area (Å²) in [5.74, 6) is 1.79. The Balaban J connectivity index is 1.55. The molecule has 0 saturated heterocycles. The van der Waals surface area contributed by atoms with Crippen molar-refractivity contribution in [1.29, 1.82) is 0 Å². The number of halogens is 1. The highest BCUT2D eigenvalue weighted by molar-refractivity contribution is 6.24. The fourth-order valence-corrected chi connectivity index (χ4v) is 5.77. The van der Waals surface area contributed by atoms with Crippen LogP contribution in [0.15, 0.2) is 66.3 Å². The van der Waals surface area contributed by atoms with E-state index in [-0.39, 0.29) is 11.6 Å². The van der Waals surface area contributed by atoms with Gasteiger partial charge >= 0.3 is 0 Å². The summed E-state index contributed by atoms with van der Waals surface area (Å²) in [6.07, 6.45) is 14.3. The number of rotatable bonds is 1. The molecule has 0 radical (unpaired) electrons. The lowest BCUT2D eigenvalue weighted by Crippen LogP contribution is -2.42. The third-order valence-corrected chi connectivity index (χ3v) is 7.29. The zero-order valence-corrected chi connectivity index (χ0v) is 17.9. The van der Waals surface area contributed by atoms with Crippen molar-refractivity contribution < 1.29 is 4.74 Å². The van der Waals surface area contributed by atoms with Gasteiger partial charge < -0.3 is 9.64 Å². The molecule has 0 bridgehead atoms. The van der Waals surface area contributed by atoms with Crippen LogP contribution < -0.4 is 15.2 Å². The smallest absolute Gasteiger partial charge is 0.128 e. The summed E-state index contributed by atoms with van der Waals surface area (Å²) in [4.78, 5) is 2.20. The van der Waals surface area contributed by atoms with Gasteiger partial charge in [0, 0.05) is 29.4 Å². The molecule has 2 heterocycles. The molecular formula is C27H24ClNO. The summed E-state index contributed by atoms with van der Waals surface area (Å²) < 4.78 is 6.25. The second-order valence-electron chi connectivity index (χ2n) is 8.72. The Morgan fingerprint density at radius 3 is 2.77 bits per heavy atom. The second kappa shape index (κ2) is 6.65. The molecule has 2 aromatic carbocycles. The van der Waals surface area contributed by atoms with Gasteiger partial charge in [0.1, 0.15) is 17.4 Å². The van der Waals surface area contributed by atoms with Crippen LogP contribution in [0.3, 0.4) is 0 Å². The van der Waals surface area contributed by atoms with Crippen LogP contribution in [-0.4, -0.2) is 23.6 Å². The molecule has 0 N–H and O–H groups in total. The molecule has 4 atom stereocenters. The molecule has 4 aliphatic rings. The molecule has 2 aromatic rings. The summed E-state index contributed by atoms with van der Waals surface area (Å²) in [6.45, 7) is 2.35. The molecule has 0 spiro atoms. The number of benzene rings is 2. The first-order chi connectivity index (χ1) is 14.6. The van der Waals surface area contributed by atoms with Crippen molar-refractivity contribution >= 4 is 29.5 Å². The molecule has 2 aliphatic carbocycles. The van der Waals surface area contributed by atoms with Gasteiger partial charge in [-0.1, -0.05) is 67.1 Å². The van der Waals surface area contributed by atoms with Gasteiger partial charge in [-0.15, -0.1) is 0 Å². The summed E-state index contributed by atoms with van der Waals surface area (Å²) in [7, 11) is 2.10. The van der Waals surface area contributed by atoms with Crippen molar-refractivity contribution in [3.8, 4) is 5.75 Å². The Bertz CT molecular complexity index is 1270. The van der Waals surface area contributed by atoms with Gasteiger partial charge in [-0.05, 0) is 58.6 Å². The van der Waals surface area contributed by atoms with E-state index < -0.39 is 0 Å². The van der Waals surface area contributed by atoms with Crippen LogP contribution in [-0.2, 0) is 0 Å². The Labute approximate surface area is 182 Å². The maximum atomic E-state index is 6.69. The van der Waals surface area contributed by atoms with E-state index >= 15 is 0 Å². The summed E-state index contributed by atoms with van der Waals surface area (Å²) in [5.41, 5.74) is 6.62. The Hall–Kier alpha value is -2.71. The fraction of sp³-hybridized carbons (Fsp3) is 0.259. The first-order valence-corrected chi connectivity index (χ1v) is 11.1. The molecule has 0 saturated carbocycles. The maximum absolute atomic E-state index is 6.69. The zero-order chi connectivity index (χ0) is 20.4. The third-order valence-electron chi connectivity index (χ3n) is 6.87. The van der Waals surface area contributed by atoms with Crippen LogP contribution in [0.25, 0.3) is 17.8 Å². The molecule has 0 fully saturated rings. The second-order valence-corrected chi connectivity index (χ2v) is 9.17. The number of nitrogens with zero attached hydrogens (tertiary/aromatic N) is 1. The summed E-state index contributed by atoms with van der Waals surface area (Å²) in [5, 5.41) is 2.48. The van der Waals surface area contributed by atoms with Crippen molar-refractivity contribution in [2.24, 2.45) is 0 Å². The Kier molecular flexibility index (Phi) is 4.01. The highest BCUT2D eigenvalue weighted by atomic mass is 35.5. The van der Waals surface area contributed by atoms with Gasteiger partial charge in [0.25, 0.3) is 0 Å². The van der Waals surface area contributed by atoms with Gasteiger partial charge in [0.15, 0.2) is 0 Å². The molecule has 0 amide bonds. The molecule has 30 heavy (non-hydrogen) atoms. The number of fused-ring (bicyclic) bond motifs is 6. The molecular weight excluding hydrogens is 390 g/mol. The van der Waals surface area contributed by atoms with Gasteiger partial charge in [0.05, 0.1) is 0 Å². The SMILES string of the molecule is CC1CC(C2=c3ccccc3=CC(Cl)N2C)=Cc2ccc3c(c21)C1C=CC=CC1O3. The van der Waals surface area contributed by atoms with E-state index in [1.165, 1.54) is 38.4 Å². The number of hydrogen-bond acceptors (Lipinski definition) is 2. The third kappa shape index (κ3) is 2.56. The first kappa shape index (κ1) is 18.1. The molecule has 2 nitrogen and oxygen atoms in total. The van der Waals surface area contributed by atoms with Crippen molar-refractivity contribution in [2.75, 3.05) is 7.05 Å². The zero-order valence-electron chi connectivity index (χ0n) is 17.2. The Morgan fingerprint density at radius 2 is 1.87 bits per heavy atom. The first-order valence-electron chi connectivity index (χ1n) is 10.7. The van der Waals surface area contributed by atoms with Crippen LogP contribution in [0.1, 0.15) is 41.9 Å². The summed E-state index contributed by atoms with van der Waals surface area (Å²) in [6, 6.07) is 13.0. The molecule has 150 valence electrons. The van der Waals surface area contributed by atoms with Crippen LogP contribution in [0.2, 0.25) is 0 Å². The topological polar surface area (TPSA) is 12.5 Å². The van der Waals surface area contributed by atoms with Gasteiger partial charge in [-0.3, -0.25) is 0 Å². The lowest BCUT2D eigenvalue weighted by Gasteiger charge is -2.34. The standard InChI is InChI=1S/C27H24ClNO/c1-16-13-19(27-20-8-4-3-7-17(20)15-24(28)29(27)2)14-18-11-12-23-26(25(16)18)21-9-5-6-10-22(21)30-23/h3-12,14-16,21-22,24H,13H2,1-2H3. The van der Waals surface area contributed by atoms with Gasteiger partial charge in [0.2, 0.25) is 0 Å². The van der Waals surface area contributed by atoms with E-state index in [1.807, 2.05) is 0 Å². The van der Waals surface area contributed by atoms with Gasteiger partial charge in [-0.2, -0.15) is 0 Å². The van der Waals surface area contributed by atoms with Crippen molar-refractivity contribution in [3.05, 3.63) is 93.4 Å². The quantitative estimate of drug-likeness (QED) is 0.498. The van der Waals surface area contributed by atoms with E-state index in [0.717, 1.165) is 12.2 Å². The molecule has 4 unspecified atom stereocenters. The fourth-order valence-electron chi connectivity index (χ4n) is 5.54. The highest BCUT2D eigenvalue weighted by Crippen LogP contribution is 2.49. The van der Waals surface area contributed by atoms with E-state index in [9.17, 15) is 0 Å². The average molecular weight is 414 g/mol.